The van der Waals surface area contributed by atoms with Gasteiger partial charge in [0.15, 0.2) is 0 Å². The van der Waals surface area contributed by atoms with Gasteiger partial charge in [-0.25, -0.2) is 0 Å². The minimum Gasteiger partial charge on any atom is -0.507 e. The smallest absolute Gasteiger partial charge is 0.300 e. The van der Waals surface area contributed by atoms with E-state index in [4.69, 9.17) is 27.9 Å². The number of amides is 1. The van der Waals surface area contributed by atoms with Crippen molar-refractivity contribution < 1.29 is 19.4 Å². The number of Topliss-reactive ketones (excluding diaryl/α,β-unsaturated/α-hetero) is 1. The van der Waals surface area contributed by atoms with Gasteiger partial charge in [-0.3, -0.25) is 14.5 Å². The highest BCUT2D eigenvalue weighted by Crippen LogP contribution is 2.44. The Hall–Kier alpha value is -3.74. The Morgan fingerprint density at radius 3 is 2.49 bits per heavy atom. The molecule has 2 heterocycles. The fourth-order valence-electron chi connectivity index (χ4n) is 4.38. The molecule has 2 N–H and O–H groups in total. The second-order valence-corrected chi connectivity index (χ2v) is 8.83. The van der Waals surface area contributed by atoms with E-state index in [1.807, 2.05) is 31.2 Å². The van der Waals surface area contributed by atoms with E-state index in [2.05, 4.69) is 4.98 Å². The highest BCUT2D eigenvalue weighted by atomic mass is 35.5. The van der Waals surface area contributed by atoms with Crippen molar-refractivity contribution in [2.75, 3.05) is 11.5 Å². The number of aliphatic hydroxyl groups excluding tert-OH is 1. The molecule has 3 aromatic carbocycles. The van der Waals surface area contributed by atoms with Crippen LogP contribution in [0.15, 0.2) is 78.5 Å². The van der Waals surface area contributed by atoms with Crippen molar-refractivity contribution in [1.82, 2.24) is 4.98 Å². The van der Waals surface area contributed by atoms with Gasteiger partial charge in [0, 0.05) is 33.9 Å². The molecule has 1 aromatic heterocycles. The summed E-state index contributed by atoms with van der Waals surface area (Å²) in [6, 6.07) is 18.2. The summed E-state index contributed by atoms with van der Waals surface area (Å²) < 4.78 is 5.52. The number of H-pyrrole nitrogens is 1. The topological polar surface area (TPSA) is 82.6 Å². The van der Waals surface area contributed by atoms with Gasteiger partial charge in [0.25, 0.3) is 11.7 Å². The van der Waals surface area contributed by atoms with Crippen LogP contribution in [0.1, 0.15) is 24.1 Å². The first-order chi connectivity index (χ1) is 16.9. The summed E-state index contributed by atoms with van der Waals surface area (Å²) >= 11 is 12.2. The molecule has 0 spiro atoms. The van der Waals surface area contributed by atoms with E-state index in [0.29, 0.717) is 28.6 Å². The second-order valence-electron chi connectivity index (χ2n) is 8.01. The molecule has 0 aliphatic carbocycles. The van der Waals surface area contributed by atoms with Crippen molar-refractivity contribution in [1.29, 1.82) is 0 Å². The van der Waals surface area contributed by atoms with Crippen LogP contribution in [0.25, 0.3) is 16.7 Å². The molecule has 5 rings (SSSR count). The molecular weight excluding hydrogens is 487 g/mol. The summed E-state index contributed by atoms with van der Waals surface area (Å²) in [5.74, 6) is -1.22. The van der Waals surface area contributed by atoms with Gasteiger partial charge in [0.05, 0.1) is 28.3 Å². The monoisotopic (exact) mass is 506 g/mol. The Labute approximate surface area is 211 Å². The van der Waals surface area contributed by atoms with Crippen molar-refractivity contribution in [3.63, 3.8) is 0 Å². The Kier molecular flexibility index (Phi) is 6.01. The molecule has 1 unspecified atom stereocenters. The number of ketones is 1. The third-order valence-electron chi connectivity index (χ3n) is 5.98. The number of carbonyl (C=O) groups excluding carboxylic acids is 2. The van der Waals surface area contributed by atoms with Crippen molar-refractivity contribution >= 4 is 57.2 Å². The van der Waals surface area contributed by atoms with Crippen molar-refractivity contribution in [2.45, 2.75) is 13.0 Å². The van der Waals surface area contributed by atoms with Crippen molar-refractivity contribution in [2.24, 2.45) is 0 Å². The van der Waals surface area contributed by atoms with Crippen LogP contribution in [-0.2, 0) is 9.59 Å². The number of rotatable bonds is 5. The normalized spacial score (nSPS) is 17.3. The fraction of sp³-hybridized carbons (Fsp3) is 0.111. The first kappa shape index (κ1) is 23.0. The highest BCUT2D eigenvalue weighted by molar-refractivity contribution is 6.52. The van der Waals surface area contributed by atoms with Gasteiger partial charge < -0.3 is 14.8 Å². The number of nitrogens with zero attached hydrogens (tertiary/aromatic N) is 1. The standard InChI is InChI=1S/C27H20Cl2N2O4/c1-2-35-17-10-8-16(9-11-17)31-24(19-14-30-22-6-4-3-5-18(19)22)23(26(33)27(31)34)25(32)15-7-12-20(28)21(29)13-15/h3-14,24,30,32H,2H2,1H3/b25-23+. The second kappa shape index (κ2) is 9.13. The number of fused-ring (bicyclic) bond motifs is 1. The summed E-state index contributed by atoms with van der Waals surface area (Å²) in [4.78, 5) is 31.3. The lowest BCUT2D eigenvalue weighted by Crippen LogP contribution is -2.29. The largest absolute Gasteiger partial charge is 0.507 e. The Morgan fingerprint density at radius 1 is 1.03 bits per heavy atom. The summed E-state index contributed by atoms with van der Waals surface area (Å²) in [5.41, 5.74) is 2.27. The van der Waals surface area contributed by atoms with Gasteiger partial charge >= 0.3 is 0 Å². The van der Waals surface area contributed by atoms with E-state index in [1.54, 1.807) is 36.5 Å². The molecule has 1 fully saturated rings. The lowest BCUT2D eigenvalue weighted by Gasteiger charge is -2.25. The molecule has 35 heavy (non-hydrogen) atoms. The van der Waals surface area contributed by atoms with E-state index in [9.17, 15) is 14.7 Å². The molecule has 0 radical (unpaired) electrons. The molecule has 1 saturated heterocycles. The minimum atomic E-state index is -0.876. The fourth-order valence-corrected chi connectivity index (χ4v) is 4.68. The third-order valence-corrected chi connectivity index (χ3v) is 6.72. The Bertz CT molecular complexity index is 1490. The van der Waals surface area contributed by atoms with Gasteiger partial charge in [-0.1, -0.05) is 41.4 Å². The first-order valence-corrected chi connectivity index (χ1v) is 11.7. The molecule has 1 atom stereocenters. The number of hydrogen-bond donors (Lipinski definition) is 2. The molecule has 1 aliphatic heterocycles. The zero-order valence-corrected chi connectivity index (χ0v) is 20.1. The molecule has 176 valence electrons. The number of benzene rings is 3. The third kappa shape index (κ3) is 3.95. The molecule has 0 bridgehead atoms. The summed E-state index contributed by atoms with van der Waals surface area (Å²) in [7, 11) is 0. The summed E-state index contributed by atoms with van der Waals surface area (Å²) in [5, 5.41) is 12.7. The SMILES string of the molecule is CCOc1ccc(N2C(=O)C(=O)/C(=C(/O)c3ccc(Cl)c(Cl)c3)C2c2c[nH]c3ccccc23)cc1. The Balaban J connectivity index is 1.73. The van der Waals surface area contributed by atoms with Crippen LogP contribution in [0.5, 0.6) is 5.75 Å². The summed E-state index contributed by atoms with van der Waals surface area (Å²) in [6.45, 7) is 2.38. The first-order valence-electron chi connectivity index (χ1n) is 11.0. The number of aliphatic hydroxyl groups is 1. The lowest BCUT2D eigenvalue weighted by atomic mass is 9.94. The highest BCUT2D eigenvalue weighted by Gasteiger charge is 2.47. The number of anilines is 1. The van der Waals surface area contributed by atoms with Crippen molar-refractivity contribution in [3.05, 3.63) is 99.7 Å². The minimum absolute atomic E-state index is 0.0352. The van der Waals surface area contributed by atoms with Gasteiger partial charge in [0.2, 0.25) is 0 Å². The van der Waals surface area contributed by atoms with Crippen LogP contribution in [0.3, 0.4) is 0 Å². The number of nitrogens with one attached hydrogen (secondary N) is 1. The van der Waals surface area contributed by atoms with Crippen LogP contribution in [0.4, 0.5) is 5.69 Å². The average molecular weight is 507 g/mol. The molecule has 0 saturated carbocycles. The number of halogens is 2. The number of aromatic amines is 1. The maximum Gasteiger partial charge on any atom is 0.300 e. The predicted octanol–water partition coefficient (Wildman–Crippen LogP) is 6.50. The van der Waals surface area contributed by atoms with Crippen LogP contribution >= 0.6 is 23.2 Å². The van der Waals surface area contributed by atoms with Crippen molar-refractivity contribution in [3.8, 4) is 5.75 Å². The zero-order valence-electron chi connectivity index (χ0n) is 18.6. The molecular formula is C27H20Cl2N2O4. The molecule has 8 heteroatoms. The van der Waals surface area contributed by atoms with Gasteiger partial charge in [-0.15, -0.1) is 0 Å². The number of para-hydroxylation sites is 1. The quantitative estimate of drug-likeness (QED) is 0.184. The van der Waals surface area contributed by atoms with Gasteiger partial charge in [0.1, 0.15) is 11.5 Å². The summed E-state index contributed by atoms with van der Waals surface area (Å²) in [6.07, 6.45) is 1.75. The van der Waals surface area contributed by atoms with E-state index in [0.717, 1.165) is 10.9 Å². The predicted molar refractivity (Wildman–Crippen MR) is 137 cm³/mol. The van der Waals surface area contributed by atoms with Gasteiger partial charge in [-0.05, 0) is 55.5 Å². The maximum atomic E-state index is 13.4. The van der Waals surface area contributed by atoms with Crippen LogP contribution in [0.2, 0.25) is 10.0 Å². The molecule has 1 amide bonds. The Morgan fingerprint density at radius 2 is 1.77 bits per heavy atom. The number of carbonyl (C=O) groups is 2. The molecule has 1 aliphatic rings. The maximum absolute atomic E-state index is 13.4. The lowest BCUT2D eigenvalue weighted by molar-refractivity contribution is -0.132. The van der Waals surface area contributed by atoms with Crippen LogP contribution in [-0.4, -0.2) is 28.4 Å². The molecule has 6 nitrogen and oxygen atoms in total. The zero-order chi connectivity index (χ0) is 24.7. The van der Waals surface area contributed by atoms with Crippen LogP contribution < -0.4 is 9.64 Å². The van der Waals surface area contributed by atoms with Gasteiger partial charge in [-0.2, -0.15) is 0 Å². The van der Waals surface area contributed by atoms with E-state index >= 15 is 0 Å². The van der Waals surface area contributed by atoms with E-state index in [1.165, 1.54) is 17.0 Å². The van der Waals surface area contributed by atoms with E-state index < -0.39 is 17.7 Å². The van der Waals surface area contributed by atoms with E-state index in [-0.39, 0.29) is 21.9 Å². The number of ether oxygens (including phenoxy) is 1. The number of hydrogen-bond acceptors (Lipinski definition) is 4. The number of aromatic nitrogens is 1. The average Bonchev–Trinajstić information content (AvgIpc) is 3.40. The molecule has 4 aromatic rings. The van der Waals surface area contributed by atoms with Crippen LogP contribution in [0, 0.1) is 0 Å².